The van der Waals surface area contributed by atoms with Gasteiger partial charge in [0, 0.05) is 17.7 Å². The predicted octanol–water partition coefficient (Wildman–Crippen LogP) is 0.689. The minimum atomic E-state index is -1.94. The quantitative estimate of drug-likeness (QED) is 0.109. The molecule has 15 heteroatoms. The number of carbonyl (C=O) groups excluding carboxylic acids is 1. The van der Waals surface area contributed by atoms with E-state index in [0.717, 1.165) is 36.4 Å². The minimum Gasteiger partial charge on any atom is -0.507 e. The van der Waals surface area contributed by atoms with Crippen LogP contribution in [0.25, 0.3) is 22.6 Å². The van der Waals surface area contributed by atoms with E-state index in [-0.39, 0.29) is 28.4 Å². The van der Waals surface area contributed by atoms with Gasteiger partial charge in [0.15, 0.2) is 51.8 Å². The molecule has 9 N–H and O–H groups in total. The molecule has 2 aliphatic heterocycles. The van der Waals surface area contributed by atoms with Gasteiger partial charge in [-0.05, 0) is 36.4 Å². The van der Waals surface area contributed by atoms with Crippen molar-refractivity contribution in [3.8, 4) is 62.9 Å². The summed E-state index contributed by atoms with van der Waals surface area (Å²) in [6, 6.07) is 8.23. The summed E-state index contributed by atoms with van der Waals surface area (Å²) in [5.41, 5.74) is -1.02. The summed E-state index contributed by atoms with van der Waals surface area (Å²) in [7, 11) is 0. The second-order valence-corrected chi connectivity index (χ2v) is 9.56. The molecule has 0 spiro atoms. The normalized spacial score (nSPS) is 21.9. The summed E-state index contributed by atoms with van der Waals surface area (Å²) in [5, 5.41) is 90.4. The fourth-order valence-electron chi connectivity index (χ4n) is 4.44. The molecule has 0 bridgehead atoms. The zero-order valence-corrected chi connectivity index (χ0v) is 21.7. The van der Waals surface area contributed by atoms with Gasteiger partial charge in [-0.1, -0.05) is 0 Å². The maximum atomic E-state index is 12.9. The highest BCUT2D eigenvalue weighted by Gasteiger charge is 2.48. The first kappa shape index (κ1) is 29.3. The molecule has 2 aromatic carbocycles. The fraction of sp³-hybridized carbons (Fsp3) is 0.214. The van der Waals surface area contributed by atoms with E-state index in [2.05, 4.69) is 0 Å². The van der Waals surface area contributed by atoms with Crippen LogP contribution >= 0.6 is 0 Å². The molecular weight excluding hydrogens is 576 g/mol. The second kappa shape index (κ2) is 11.2. The molecule has 0 amide bonds. The number of aliphatic hydroxyl groups excluding tert-OH is 3. The maximum Gasteiger partial charge on any atom is 0.339 e. The van der Waals surface area contributed by atoms with E-state index in [4.69, 9.17) is 18.6 Å². The summed E-state index contributed by atoms with van der Waals surface area (Å²) < 4.78 is 22.7. The fourth-order valence-corrected chi connectivity index (χ4v) is 4.44. The van der Waals surface area contributed by atoms with E-state index in [1.807, 2.05) is 0 Å². The molecule has 5 atom stereocenters. The van der Waals surface area contributed by atoms with Crippen molar-refractivity contribution in [3.05, 3.63) is 64.3 Å². The van der Waals surface area contributed by atoms with Crippen LogP contribution in [0.2, 0.25) is 0 Å². The third kappa shape index (κ3) is 5.52. The lowest BCUT2D eigenvalue weighted by Gasteiger charge is -2.41. The molecule has 43 heavy (non-hydrogen) atoms. The number of ether oxygens (including phenoxy) is 3. The van der Waals surface area contributed by atoms with Crippen molar-refractivity contribution in [1.82, 2.24) is 0 Å². The Bertz CT molecular complexity index is 1690. The molecule has 1 fully saturated rings. The standard InChI is InChI=1S/C28H24O15/c29-9-21-23(37)24(38)26(43-27(39)11-4-17(34)22(36)18(35)5-11)28(42-21)41-20-8-13-15(32)6-12(30)7-19(13)40-25(20)10-1-2-14(31)16(33)3-10/h1-8,21,23-24,26,28-29,31-38H,9H2/t21-,23+,24+,26-,28-/m1/s1. The first-order chi connectivity index (χ1) is 20.4. The number of phenols is 6. The van der Waals surface area contributed by atoms with Crippen LogP contribution in [-0.2, 0) is 9.47 Å². The minimum absolute atomic E-state index is 0.0277. The number of hydrogen-bond acceptors (Lipinski definition) is 15. The molecule has 1 aliphatic carbocycles. The number of rotatable bonds is 6. The SMILES string of the molecule is O=C(O[C@H]1[C@H](Oc2cc3c(O)cc(=O)cc-3oc2-c2ccc(O)c(O)c2)O[C@H](CO)[C@H](O)[C@@H]1O)c1cc(O)c(O)c(O)c1. The van der Waals surface area contributed by atoms with E-state index >= 15 is 0 Å². The smallest absolute Gasteiger partial charge is 0.339 e. The van der Waals surface area contributed by atoms with Crippen molar-refractivity contribution in [1.29, 1.82) is 0 Å². The molecule has 3 aliphatic rings. The highest BCUT2D eigenvalue weighted by atomic mass is 16.7. The Kier molecular flexibility index (Phi) is 7.64. The van der Waals surface area contributed by atoms with Gasteiger partial charge in [-0.2, -0.15) is 0 Å². The third-order valence-corrected chi connectivity index (χ3v) is 6.66. The van der Waals surface area contributed by atoms with Crippen molar-refractivity contribution in [3.63, 3.8) is 0 Å². The number of carbonyl (C=O) groups is 1. The lowest BCUT2D eigenvalue weighted by Crippen LogP contribution is -2.61. The van der Waals surface area contributed by atoms with Crippen LogP contribution < -0.4 is 10.2 Å². The monoisotopic (exact) mass is 600 g/mol. The van der Waals surface area contributed by atoms with Crippen molar-refractivity contribution in [2.45, 2.75) is 30.7 Å². The van der Waals surface area contributed by atoms with Gasteiger partial charge >= 0.3 is 5.97 Å². The Hall–Kier alpha value is -5.22. The topological polar surface area (TPSA) is 257 Å². The molecule has 2 aromatic rings. The van der Waals surface area contributed by atoms with Gasteiger partial charge in [0.2, 0.25) is 6.29 Å². The van der Waals surface area contributed by atoms with Gasteiger partial charge in [0.25, 0.3) is 0 Å². The van der Waals surface area contributed by atoms with Crippen LogP contribution in [0, 0.1) is 0 Å². The first-order valence-corrected chi connectivity index (χ1v) is 12.5. The molecule has 0 saturated carbocycles. The molecule has 2 heterocycles. The lowest BCUT2D eigenvalue weighted by molar-refractivity contribution is -0.276. The van der Waals surface area contributed by atoms with E-state index in [9.17, 15) is 55.5 Å². The molecule has 15 nitrogen and oxygen atoms in total. The second-order valence-electron chi connectivity index (χ2n) is 9.56. The summed E-state index contributed by atoms with van der Waals surface area (Å²) in [6.07, 6.45) is -8.84. The molecule has 1 saturated heterocycles. The van der Waals surface area contributed by atoms with E-state index in [0.29, 0.717) is 0 Å². The van der Waals surface area contributed by atoms with E-state index in [1.165, 1.54) is 12.1 Å². The number of phenolic OH excluding ortho intramolecular Hbond substituents is 6. The summed E-state index contributed by atoms with van der Waals surface area (Å²) >= 11 is 0. The Morgan fingerprint density at radius 2 is 1.51 bits per heavy atom. The number of fused-ring (bicyclic) bond motifs is 1. The van der Waals surface area contributed by atoms with Crippen molar-refractivity contribution in [2.75, 3.05) is 6.61 Å². The third-order valence-electron chi connectivity index (χ3n) is 6.66. The average molecular weight is 600 g/mol. The predicted molar refractivity (Wildman–Crippen MR) is 141 cm³/mol. The van der Waals surface area contributed by atoms with Crippen LogP contribution in [0.1, 0.15) is 10.4 Å². The van der Waals surface area contributed by atoms with Crippen molar-refractivity contribution in [2.24, 2.45) is 0 Å². The van der Waals surface area contributed by atoms with Crippen LogP contribution in [0.5, 0.6) is 40.2 Å². The Labute approximate surface area is 240 Å². The molecule has 5 rings (SSSR count). The van der Waals surface area contributed by atoms with Gasteiger partial charge in [-0.25, -0.2) is 4.79 Å². The maximum absolute atomic E-state index is 12.9. The number of hydrogen-bond donors (Lipinski definition) is 9. The zero-order chi connectivity index (χ0) is 31.2. The highest BCUT2D eigenvalue weighted by Crippen LogP contribution is 2.43. The lowest BCUT2D eigenvalue weighted by atomic mass is 9.99. The molecule has 0 unspecified atom stereocenters. The van der Waals surface area contributed by atoms with Gasteiger partial charge in [0.1, 0.15) is 29.8 Å². The summed E-state index contributed by atoms with van der Waals surface area (Å²) in [4.78, 5) is 24.9. The van der Waals surface area contributed by atoms with Crippen LogP contribution in [-0.4, -0.2) is 89.2 Å². The largest absolute Gasteiger partial charge is 0.507 e. The van der Waals surface area contributed by atoms with Gasteiger partial charge < -0.3 is 64.6 Å². The Balaban J connectivity index is 1.59. The van der Waals surface area contributed by atoms with Gasteiger partial charge in [0.05, 0.1) is 17.7 Å². The summed E-state index contributed by atoms with van der Waals surface area (Å²) in [6.45, 7) is -0.813. The van der Waals surface area contributed by atoms with E-state index < -0.39 is 88.8 Å². The number of benzene rings is 3. The highest BCUT2D eigenvalue weighted by molar-refractivity contribution is 5.91. The Morgan fingerprint density at radius 1 is 0.814 bits per heavy atom. The number of aromatic hydroxyl groups is 6. The summed E-state index contributed by atoms with van der Waals surface area (Å²) in [5.74, 6) is -6.00. The molecule has 0 aromatic heterocycles. The molecule has 226 valence electrons. The van der Waals surface area contributed by atoms with Gasteiger partial charge in [-0.3, -0.25) is 4.79 Å². The number of esters is 1. The van der Waals surface area contributed by atoms with Crippen LogP contribution in [0.4, 0.5) is 0 Å². The molecular formula is C28H24O15. The zero-order valence-electron chi connectivity index (χ0n) is 21.7. The molecule has 0 radical (unpaired) electrons. The van der Waals surface area contributed by atoms with Crippen LogP contribution in [0.3, 0.4) is 0 Å². The van der Waals surface area contributed by atoms with Gasteiger partial charge in [-0.15, -0.1) is 0 Å². The van der Waals surface area contributed by atoms with Crippen molar-refractivity contribution < 1.29 is 69.4 Å². The van der Waals surface area contributed by atoms with Crippen molar-refractivity contribution >= 4 is 5.97 Å². The van der Waals surface area contributed by atoms with E-state index in [1.54, 1.807) is 0 Å². The number of aliphatic hydroxyl groups is 3. The average Bonchev–Trinajstić information content (AvgIpc) is 2.96. The first-order valence-electron chi connectivity index (χ1n) is 12.5. The Morgan fingerprint density at radius 3 is 2.16 bits per heavy atom. The van der Waals surface area contributed by atoms with Crippen LogP contribution in [0.15, 0.2) is 57.7 Å².